The fourth-order valence-electron chi connectivity index (χ4n) is 2.20. The van der Waals surface area contributed by atoms with Crippen LogP contribution in [0.1, 0.15) is 31.4 Å². The van der Waals surface area contributed by atoms with E-state index < -0.39 is 10.0 Å². The van der Waals surface area contributed by atoms with Gasteiger partial charge in [0.2, 0.25) is 10.0 Å². The number of nitrogens with zero attached hydrogens (tertiary/aromatic N) is 1. The molecule has 0 heterocycles. The first-order valence-corrected chi connectivity index (χ1v) is 8.94. The van der Waals surface area contributed by atoms with Crippen molar-refractivity contribution in [3.05, 3.63) is 29.3 Å². The quantitative estimate of drug-likeness (QED) is 0.724. The zero-order valence-corrected chi connectivity index (χ0v) is 14.0. The van der Waals surface area contributed by atoms with E-state index >= 15 is 0 Å². The zero-order chi connectivity index (χ0) is 15.9. The predicted octanol–water partition coefficient (Wildman–Crippen LogP) is 1.46. The summed E-state index contributed by atoms with van der Waals surface area (Å²) in [6, 6.07) is 5.08. The van der Waals surface area contributed by atoms with E-state index in [9.17, 15) is 8.42 Å². The summed E-state index contributed by atoms with van der Waals surface area (Å²) in [6.45, 7) is 9.52. The molecule has 0 aliphatic rings. The van der Waals surface area contributed by atoms with Crippen molar-refractivity contribution in [2.24, 2.45) is 5.73 Å². The summed E-state index contributed by atoms with van der Waals surface area (Å²) in [5.41, 5.74) is 7.50. The number of hydrogen-bond acceptors (Lipinski definition) is 4. The first-order chi connectivity index (χ1) is 9.94. The van der Waals surface area contributed by atoms with Crippen molar-refractivity contribution in [1.82, 2.24) is 9.62 Å². The normalized spacial score (nSPS) is 12.0. The minimum absolute atomic E-state index is 0.284. The van der Waals surface area contributed by atoms with Crippen LogP contribution in [-0.4, -0.2) is 39.5 Å². The summed E-state index contributed by atoms with van der Waals surface area (Å²) in [5.74, 6) is 0. The lowest BCUT2D eigenvalue weighted by Gasteiger charge is -2.19. The maximum Gasteiger partial charge on any atom is 0.240 e. The van der Waals surface area contributed by atoms with Crippen molar-refractivity contribution in [3.8, 4) is 0 Å². The lowest BCUT2D eigenvalue weighted by atomic mass is 10.1. The predicted molar refractivity (Wildman–Crippen MR) is 86.7 cm³/mol. The Labute approximate surface area is 128 Å². The van der Waals surface area contributed by atoms with E-state index in [-0.39, 0.29) is 4.90 Å². The molecule has 0 aromatic heterocycles. The number of sulfonamides is 1. The molecule has 0 spiro atoms. The molecule has 6 heteroatoms. The monoisotopic (exact) mass is 313 g/mol. The second-order valence-electron chi connectivity index (χ2n) is 5.12. The van der Waals surface area contributed by atoms with Gasteiger partial charge in [-0.15, -0.1) is 0 Å². The van der Waals surface area contributed by atoms with Crippen LogP contribution in [0.4, 0.5) is 0 Å². The molecular weight excluding hydrogens is 286 g/mol. The summed E-state index contributed by atoms with van der Waals surface area (Å²) < 4.78 is 27.2. The van der Waals surface area contributed by atoms with Gasteiger partial charge in [0.05, 0.1) is 4.90 Å². The third-order valence-corrected chi connectivity index (χ3v) is 5.02. The van der Waals surface area contributed by atoms with Crippen LogP contribution in [0.5, 0.6) is 0 Å². The smallest absolute Gasteiger partial charge is 0.240 e. The molecule has 1 aromatic rings. The van der Waals surface area contributed by atoms with Crippen LogP contribution in [0.3, 0.4) is 0 Å². The molecule has 0 radical (unpaired) electrons. The Morgan fingerprint density at radius 1 is 1.24 bits per heavy atom. The first kappa shape index (κ1) is 18.1. The van der Waals surface area contributed by atoms with Gasteiger partial charge in [0, 0.05) is 19.6 Å². The van der Waals surface area contributed by atoms with Crippen LogP contribution in [0.15, 0.2) is 23.1 Å². The summed E-state index contributed by atoms with van der Waals surface area (Å²) >= 11 is 0. The van der Waals surface area contributed by atoms with Gasteiger partial charge >= 0.3 is 0 Å². The molecule has 0 aliphatic carbocycles. The van der Waals surface area contributed by atoms with Crippen LogP contribution in [-0.2, 0) is 16.6 Å². The Morgan fingerprint density at radius 3 is 2.52 bits per heavy atom. The number of rotatable bonds is 9. The Balaban J connectivity index is 2.69. The van der Waals surface area contributed by atoms with Crippen molar-refractivity contribution in [2.45, 2.75) is 38.6 Å². The van der Waals surface area contributed by atoms with Gasteiger partial charge in [0.15, 0.2) is 0 Å². The summed E-state index contributed by atoms with van der Waals surface area (Å²) in [7, 11) is -3.46. The number of benzene rings is 1. The second kappa shape index (κ2) is 8.48. The minimum atomic E-state index is -3.46. The zero-order valence-electron chi connectivity index (χ0n) is 13.2. The van der Waals surface area contributed by atoms with Crippen molar-refractivity contribution >= 4 is 10.0 Å². The molecule has 3 N–H and O–H groups in total. The van der Waals surface area contributed by atoms with Crippen molar-refractivity contribution in [1.29, 1.82) is 0 Å². The molecule has 0 saturated carbocycles. The van der Waals surface area contributed by atoms with Crippen LogP contribution < -0.4 is 10.5 Å². The van der Waals surface area contributed by atoms with E-state index in [0.717, 1.165) is 37.2 Å². The molecule has 120 valence electrons. The first-order valence-electron chi connectivity index (χ1n) is 7.46. The number of hydrogen-bond donors (Lipinski definition) is 2. The Hall–Kier alpha value is -0.950. The van der Waals surface area contributed by atoms with E-state index in [0.29, 0.717) is 13.1 Å². The van der Waals surface area contributed by atoms with Crippen molar-refractivity contribution in [2.75, 3.05) is 26.2 Å². The van der Waals surface area contributed by atoms with Crippen LogP contribution in [0, 0.1) is 6.92 Å². The largest absolute Gasteiger partial charge is 0.326 e. The van der Waals surface area contributed by atoms with Gasteiger partial charge in [-0.25, -0.2) is 13.1 Å². The Morgan fingerprint density at radius 2 is 1.95 bits per heavy atom. The molecule has 0 amide bonds. The van der Waals surface area contributed by atoms with Crippen LogP contribution in [0.2, 0.25) is 0 Å². The fourth-order valence-corrected chi connectivity index (χ4v) is 3.27. The molecule has 1 aromatic carbocycles. The standard InChI is InChI=1S/C15H27N3O2S/c1-4-9-18(5-2)10-8-17-21(19,20)15-7-6-13(3)14(11-15)12-16/h6-7,11,17H,4-5,8-10,12,16H2,1-3H3. The highest BCUT2D eigenvalue weighted by molar-refractivity contribution is 7.89. The summed E-state index contributed by atoms with van der Waals surface area (Å²) in [5, 5.41) is 0. The summed E-state index contributed by atoms with van der Waals surface area (Å²) in [4.78, 5) is 2.51. The number of nitrogens with one attached hydrogen (secondary N) is 1. The average molecular weight is 313 g/mol. The average Bonchev–Trinajstić information content (AvgIpc) is 2.46. The number of aryl methyl sites for hydroxylation is 1. The summed E-state index contributed by atoms with van der Waals surface area (Å²) in [6.07, 6.45) is 1.07. The third-order valence-electron chi connectivity index (χ3n) is 3.56. The highest BCUT2D eigenvalue weighted by atomic mass is 32.2. The highest BCUT2D eigenvalue weighted by Gasteiger charge is 2.15. The molecular formula is C15H27N3O2S. The minimum Gasteiger partial charge on any atom is -0.326 e. The maximum atomic E-state index is 12.3. The van der Waals surface area contributed by atoms with E-state index in [2.05, 4.69) is 23.5 Å². The Bertz CT molecular complexity index is 544. The lowest BCUT2D eigenvalue weighted by Crippen LogP contribution is -2.35. The van der Waals surface area contributed by atoms with E-state index in [4.69, 9.17) is 5.73 Å². The molecule has 0 saturated heterocycles. The number of likely N-dealkylation sites (N-methyl/N-ethyl adjacent to an activating group) is 1. The molecule has 1 rings (SSSR count). The third kappa shape index (κ3) is 5.39. The van der Waals surface area contributed by atoms with Crippen molar-refractivity contribution < 1.29 is 8.42 Å². The number of nitrogens with two attached hydrogens (primary N) is 1. The Kier molecular flexibility index (Phi) is 7.31. The van der Waals surface area contributed by atoms with Crippen LogP contribution in [0.25, 0.3) is 0 Å². The van der Waals surface area contributed by atoms with Gasteiger partial charge in [-0.05, 0) is 49.7 Å². The van der Waals surface area contributed by atoms with Gasteiger partial charge in [0.25, 0.3) is 0 Å². The molecule has 21 heavy (non-hydrogen) atoms. The van der Waals surface area contributed by atoms with E-state index in [1.54, 1.807) is 18.2 Å². The van der Waals surface area contributed by atoms with E-state index in [1.165, 1.54) is 0 Å². The van der Waals surface area contributed by atoms with Crippen LogP contribution >= 0.6 is 0 Å². The van der Waals surface area contributed by atoms with Gasteiger partial charge in [0.1, 0.15) is 0 Å². The SMILES string of the molecule is CCCN(CC)CCNS(=O)(=O)c1ccc(C)c(CN)c1. The topological polar surface area (TPSA) is 75.4 Å². The van der Waals surface area contributed by atoms with Gasteiger partial charge in [-0.2, -0.15) is 0 Å². The van der Waals surface area contributed by atoms with Crippen molar-refractivity contribution in [3.63, 3.8) is 0 Å². The lowest BCUT2D eigenvalue weighted by molar-refractivity contribution is 0.293. The second-order valence-corrected chi connectivity index (χ2v) is 6.89. The molecule has 0 bridgehead atoms. The molecule has 0 unspecified atom stereocenters. The van der Waals surface area contributed by atoms with Gasteiger partial charge in [-0.1, -0.05) is 19.9 Å². The van der Waals surface area contributed by atoms with Gasteiger partial charge < -0.3 is 10.6 Å². The molecule has 0 atom stereocenters. The van der Waals surface area contributed by atoms with Gasteiger partial charge in [-0.3, -0.25) is 0 Å². The molecule has 5 nitrogen and oxygen atoms in total. The highest BCUT2D eigenvalue weighted by Crippen LogP contribution is 2.15. The fraction of sp³-hybridized carbons (Fsp3) is 0.600. The van der Waals surface area contributed by atoms with E-state index in [1.807, 2.05) is 6.92 Å². The maximum absolute atomic E-state index is 12.3. The molecule has 0 fully saturated rings. The molecule has 0 aliphatic heterocycles.